The van der Waals surface area contributed by atoms with Crippen LogP contribution in [0.15, 0.2) is 84.0 Å². The van der Waals surface area contributed by atoms with Gasteiger partial charge >= 0.3 is 0 Å². The molecule has 2 N–H and O–H groups in total. The van der Waals surface area contributed by atoms with E-state index in [1.165, 1.54) is 10.9 Å². The molecule has 5 aromatic rings. The number of aromatic nitrogens is 3. The van der Waals surface area contributed by atoms with Crippen LogP contribution in [0, 0.1) is 0 Å². The van der Waals surface area contributed by atoms with E-state index >= 15 is 0 Å². The van der Waals surface area contributed by atoms with Gasteiger partial charge in [0.2, 0.25) is 5.91 Å². The van der Waals surface area contributed by atoms with Crippen molar-refractivity contribution >= 4 is 39.3 Å². The number of hydrogen-bond donors (Lipinski definition) is 2. The first kappa shape index (κ1) is 22.7. The minimum Gasteiger partial charge on any atom is -0.497 e. The summed E-state index contributed by atoms with van der Waals surface area (Å²) in [5.74, 6) is 0.374. The van der Waals surface area contributed by atoms with Crippen molar-refractivity contribution in [3.63, 3.8) is 0 Å². The zero-order valence-electron chi connectivity index (χ0n) is 19.0. The fourth-order valence-electron chi connectivity index (χ4n) is 4.30. The topological polar surface area (TPSA) is 89.0 Å². The summed E-state index contributed by atoms with van der Waals surface area (Å²) >= 11 is 6.04. The monoisotopic (exact) mass is 486 g/mol. The quantitative estimate of drug-likeness (QED) is 0.355. The fraction of sp³-hybridized carbons (Fsp3) is 0.148. The summed E-state index contributed by atoms with van der Waals surface area (Å²) in [6, 6.07) is 20.8. The number of ether oxygens (including phenoxy) is 1. The SMILES string of the molecule is COc1ccc(C(CNC(=O)Cn2cnc3ccc(Cl)cc3c2=O)c2c[nH]c3ccccc23)cc1. The van der Waals surface area contributed by atoms with E-state index in [4.69, 9.17) is 16.3 Å². The van der Waals surface area contributed by atoms with Gasteiger partial charge in [0.15, 0.2) is 0 Å². The Balaban J connectivity index is 1.40. The van der Waals surface area contributed by atoms with Crippen molar-refractivity contribution in [3.8, 4) is 5.75 Å². The first-order chi connectivity index (χ1) is 17.0. The van der Waals surface area contributed by atoms with Crippen LogP contribution in [0.1, 0.15) is 17.0 Å². The van der Waals surface area contributed by atoms with Crippen LogP contribution in [0.25, 0.3) is 21.8 Å². The van der Waals surface area contributed by atoms with Gasteiger partial charge < -0.3 is 15.0 Å². The summed E-state index contributed by atoms with van der Waals surface area (Å²) in [7, 11) is 1.63. The van der Waals surface area contributed by atoms with Crippen LogP contribution in [0.5, 0.6) is 5.75 Å². The smallest absolute Gasteiger partial charge is 0.261 e. The molecule has 2 heterocycles. The molecule has 0 aliphatic carbocycles. The summed E-state index contributed by atoms with van der Waals surface area (Å²) in [6.45, 7) is 0.214. The van der Waals surface area contributed by atoms with Gasteiger partial charge in [0.1, 0.15) is 12.3 Å². The summed E-state index contributed by atoms with van der Waals surface area (Å²) in [5.41, 5.74) is 3.37. The van der Waals surface area contributed by atoms with E-state index < -0.39 is 0 Å². The van der Waals surface area contributed by atoms with Gasteiger partial charge in [-0.1, -0.05) is 41.9 Å². The molecular formula is C27H23ClN4O3. The normalized spacial score (nSPS) is 12.1. The van der Waals surface area contributed by atoms with E-state index in [9.17, 15) is 9.59 Å². The molecule has 0 aliphatic rings. The zero-order valence-corrected chi connectivity index (χ0v) is 19.8. The Morgan fingerprint density at radius 1 is 1.11 bits per heavy atom. The highest BCUT2D eigenvalue weighted by molar-refractivity contribution is 6.31. The highest BCUT2D eigenvalue weighted by atomic mass is 35.5. The lowest BCUT2D eigenvalue weighted by Gasteiger charge is -2.19. The Hall–Kier alpha value is -4.10. The highest BCUT2D eigenvalue weighted by Gasteiger charge is 2.20. The molecule has 5 rings (SSSR count). The third kappa shape index (κ3) is 4.63. The second kappa shape index (κ2) is 9.64. The lowest BCUT2D eigenvalue weighted by Crippen LogP contribution is -2.35. The second-order valence-corrected chi connectivity index (χ2v) is 8.69. The van der Waals surface area contributed by atoms with E-state index in [0.29, 0.717) is 22.5 Å². The standard InChI is InChI=1S/C27H23ClN4O3/c1-35-19-9-6-17(7-10-19)22(23-14-29-24-5-3-2-4-20(23)24)13-30-26(33)15-32-16-31-25-11-8-18(28)12-21(25)27(32)34/h2-12,14,16,22,29H,13,15H2,1H3,(H,30,33). The molecule has 0 saturated carbocycles. The van der Waals surface area contributed by atoms with Gasteiger partial charge in [-0.25, -0.2) is 4.98 Å². The van der Waals surface area contributed by atoms with Gasteiger partial charge in [0, 0.05) is 34.6 Å². The molecule has 2 aromatic heterocycles. The fourth-order valence-corrected chi connectivity index (χ4v) is 4.47. The molecule has 1 amide bonds. The summed E-state index contributed by atoms with van der Waals surface area (Å²) in [4.78, 5) is 33.3. The van der Waals surface area contributed by atoms with Crippen molar-refractivity contribution in [1.29, 1.82) is 0 Å². The molecule has 0 bridgehead atoms. The second-order valence-electron chi connectivity index (χ2n) is 8.26. The number of aromatic amines is 1. The molecule has 8 heteroatoms. The van der Waals surface area contributed by atoms with E-state index in [0.717, 1.165) is 27.8 Å². The van der Waals surface area contributed by atoms with Crippen molar-refractivity contribution in [1.82, 2.24) is 19.9 Å². The largest absolute Gasteiger partial charge is 0.497 e. The number of nitrogens with one attached hydrogen (secondary N) is 2. The van der Waals surface area contributed by atoms with Gasteiger partial charge in [-0.15, -0.1) is 0 Å². The van der Waals surface area contributed by atoms with Crippen LogP contribution in [0.2, 0.25) is 5.02 Å². The lowest BCUT2D eigenvalue weighted by molar-refractivity contribution is -0.121. The Kier molecular flexibility index (Phi) is 6.25. The number of para-hydroxylation sites is 1. The molecule has 176 valence electrons. The molecule has 0 aliphatic heterocycles. The Morgan fingerprint density at radius 3 is 2.71 bits per heavy atom. The predicted molar refractivity (Wildman–Crippen MR) is 137 cm³/mol. The van der Waals surface area contributed by atoms with Crippen LogP contribution >= 0.6 is 11.6 Å². The number of rotatable bonds is 7. The molecule has 1 atom stereocenters. The molecule has 7 nitrogen and oxygen atoms in total. The molecule has 0 radical (unpaired) electrons. The van der Waals surface area contributed by atoms with Gasteiger partial charge in [0.25, 0.3) is 5.56 Å². The summed E-state index contributed by atoms with van der Waals surface area (Å²) in [6.07, 6.45) is 3.37. The van der Waals surface area contributed by atoms with Crippen molar-refractivity contribution in [2.45, 2.75) is 12.5 Å². The number of amides is 1. The predicted octanol–water partition coefficient (Wildman–Crippen LogP) is 4.49. The maximum atomic E-state index is 12.9. The maximum Gasteiger partial charge on any atom is 0.261 e. The van der Waals surface area contributed by atoms with Crippen molar-refractivity contribution in [3.05, 3.63) is 106 Å². The maximum absolute atomic E-state index is 12.9. The van der Waals surface area contributed by atoms with Gasteiger partial charge in [-0.3, -0.25) is 14.2 Å². The van der Waals surface area contributed by atoms with Gasteiger partial charge in [-0.05, 0) is 47.5 Å². The average Bonchev–Trinajstić information content (AvgIpc) is 3.30. The first-order valence-electron chi connectivity index (χ1n) is 11.1. The third-order valence-corrected chi connectivity index (χ3v) is 6.35. The van der Waals surface area contributed by atoms with Crippen LogP contribution in [0.4, 0.5) is 0 Å². The summed E-state index contributed by atoms with van der Waals surface area (Å²) in [5, 5.41) is 4.91. The minimum atomic E-state index is -0.309. The Morgan fingerprint density at radius 2 is 1.91 bits per heavy atom. The Labute approximate surface area is 206 Å². The average molecular weight is 487 g/mol. The molecule has 0 fully saturated rings. The molecule has 0 spiro atoms. The van der Waals surface area contributed by atoms with Crippen molar-refractivity contribution in [2.24, 2.45) is 0 Å². The number of nitrogens with zero attached hydrogens (tertiary/aromatic N) is 2. The summed E-state index contributed by atoms with van der Waals surface area (Å²) < 4.78 is 6.59. The molecule has 0 saturated heterocycles. The van der Waals surface area contributed by atoms with Crippen LogP contribution in [-0.2, 0) is 11.3 Å². The number of hydrogen-bond acceptors (Lipinski definition) is 4. The molecule has 3 aromatic carbocycles. The highest BCUT2D eigenvalue weighted by Crippen LogP contribution is 2.31. The number of benzene rings is 3. The van der Waals surface area contributed by atoms with Crippen LogP contribution < -0.4 is 15.6 Å². The minimum absolute atomic E-state index is 0.105. The number of carbonyl (C=O) groups is 1. The van der Waals surface area contributed by atoms with Crippen LogP contribution in [0.3, 0.4) is 0 Å². The number of methoxy groups -OCH3 is 1. The molecule has 1 unspecified atom stereocenters. The van der Waals surface area contributed by atoms with E-state index in [-0.39, 0.29) is 23.9 Å². The van der Waals surface area contributed by atoms with Gasteiger partial charge in [-0.2, -0.15) is 0 Å². The van der Waals surface area contributed by atoms with Crippen molar-refractivity contribution in [2.75, 3.05) is 13.7 Å². The number of carbonyl (C=O) groups excluding carboxylic acids is 1. The number of fused-ring (bicyclic) bond motifs is 2. The molecular weight excluding hydrogens is 464 g/mol. The van der Waals surface area contributed by atoms with E-state index in [1.807, 2.05) is 48.7 Å². The van der Waals surface area contributed by atoms with E-state index in [1.54, 1.807) is 25.3 Å². The molecule has 35 heavy (non-hydrogen) atoms. The van der Waals surface area contributed by atoms with E-state index in [2.05, 4.69) is 21.4 Å². The zero-order chi connectivity index (χ0) is 24.4. The Bertz CT molecular complexity index is 1570. The number of H-pyrrole nitrogens is 1. The van der Waals surface area contributed by atoms with Gasteiger partial charge in [0.05, 0.1) is 24.3 Å². The number of halogens is 1. The van der Waals surface area contributed by atoms with Crippen LogP contribution in [-0.4, -0.2) is 34.1 Å². The third-order valence-electron chi connectivity index (χ3n) is 6.12. The van der Waals surface area contributed by atoms with Crippen molar-refractivity contribution < 1.29 is 9.53 Å². The lowest BCUT2D eigenvalue weighted by atomic mass is 9.91. The first-order valence-corrected chi connectivity index (χ1v) is 11.5.